The van der Waals surface area contributed by atoms with Crippen LogP contribution >= 0.6 is 0 Å². The Hall–Kier alpha value is -2.31. The molecule has 1 aromatic heterocycles. The molecule has 0 fully saturated rings. The van der Waals surface area contributed by atoms with E-state index in [4.69, 9.17) is 0 Å². The van der Waals surface area contributed by atoms with E-state index < -0.39 is 6.36 Å². The van der Waals surface area contributed by atoms with E-state index in [1.165, 1.54) is 18.2 Å². The number of aromatic nitrogens is 2. The smallest absolute Gasteiger partial charge is 0.406 e. The minimum atomic E-state index is -4.70. The van der Waals surface area contributed by atoms with Gasteiger partial charge in [0.2, 0.25) is 0 Å². The lowest BCUT2D eigenvalue weighted by atomic mass is 10.1. The maximum absolute atomic E-state index is 12.2. The highest BCUT2D eigenvalue weighted by Gasteiger charge is 2.31. The Kier molecular flexibility index (Phi) is 4.30. The molecule has 7 heteroatoms. The Balaban J connectivity index is 2.13. The molecule has 1 heterocycles. The van der Waals surface area contributed by atoms with Gasteiger partial charge in [0.05, 0.1) is 17.4 Å². The molecule has 4 nitrogen and oxygen atoms in total. The van der Waals surface area contributed by atoms with Crippen LogP contribution in [0.1, 0.15) is 24.4 Å². The molecule has 0 saturated heterocycles. The third-order valence-corrected chi connectivity index (χ3v) is 2.78. The molecule has 0 spiro atoms. The molecule has 1 atom stereocenters. The lowest BCUT2D eigenvalue weighted by molar-refractivity contribution is -0.274. The van der Waals surface area contributed by atoms with Gasteiger partial charge in [-0.25, -0.2) is 0 Å². The van der Waals surface area contributed by atoms with Crippen molar-refractivity contribution in [1.82, 2.24) is 9.97 Å². The Labute approximate surface area is 120 Å². The fourth-order valence-corrected chi connectivity index (χ4v) is 1.94. The lowest BCUT2D eigenvalue weighted by Gasteiger charge is -2.17. The van der Waals surface area contributed by atoms with Gasteiger partial charge < -0.3 is 10.1 Å². The third-order valence-electron chi connectivity index (χ3n) is 2.78. The van der Waals surface area contributed by atoms with Crippen LogP contribution in [0.3, 0.4) is 0 Å². The molecule has 0 aliphatic heterocycles. The summed E-state index contributed by atoms with van der Waals surface area (Å²) in [6.07, 6.45) is -1.54. The zero-order valence-corrected chi connectivity index (χ0v) is 11.5. The Morgan fingerprint density at radius 3 is 2.57 bits per heavy atom. The summed E-state index contributed by atoms with van der Waals surface area (Å²) in [6.45, 7) is 3.68. The minimum Gasteiger partial charge on any atom is -0.406 e. The highest BCUT2D eigenvalue weighted by atomic mass is 19.4. The quantitative estimate of drug-likeness (QED) is 0.931. The van der Waals surface area contributed by atoms with E-state index in [0.717, 1.165) is 11.4 Å². The Morgan fingerprint density at radius 2 is 1.90 bits per heavy atom. The van der Waals surface area contributed by atoms with Crippen LogP contribution in [0.2, 0.25) is 0 Å². The molecule has 2 aromatic rings. The summed E-state index contributed by atoms with van der Waals surface area (Å²) in [5.41, 5.74) is 2.01. The number of ether oxygens (including phenoxy) is 1. The first-order valence-electron chi connectivity index (χ1n) is 6.25. The second-order valence-electron chi connectivity index (χ2n) is 4.47. The number of aryl methyl sites for hydroxylation is 1. The lowest BCUT2D eigenvalue weighted by Crippen LogP contribution is -2.17. The number of halogens is 3. The maximum atomic E-state index is 12.2. The Bertz CT molecular complexity index is 616. The molecule has 1 aromatic carbocycles. The monoisotopic (exact) mass is 297 g/mol. The first-order valence-corrected chi connectivity index (χ1v) is 6.25. The van der Waals surface area contributed by atoms with Gasteiger partial charge in [0.25, 0.3) is 0 Å². The van der Waals surface area contributed by atoms with Crippen molar-refractivity contribution in [2.24, 2.45) is 0 Å². The van der Waals surface area contributed by atoms with Gasteiger partial charge >= 0.3 is 6.36 Å². The van der Waals surface area contributed by atoms with Gasteiger partial charge in [0.15, 0.2) is 0 Å². The molecule has 1 unspecified atom stereocenters. The summed E-state index contributed by atoms with van der Waals surface area (Å²) in [5.74, 6) is -0.268. The summed E-state index contributed by atoms with van der Waals surface area (Å²) in [7, 11) is 0. The number of rotatable bonds is 4. The predicted octanol–water partition coefficient (Wildman–Crippen LogP) is 3.86. The molecule has 0 aliphatic carbocycles. The van der Waals surface area contributed by atoms with Crippen LogP contribution in [0.4, 0.5) is 18.9 Å². The summed E-state index contributed by atoms with van der Waals surface area (Å²) in [4.78, 5) is 8.35. The van der Waals surface area contributed by atoms with Gasteiger partial charge in [0, 0.05) is 24.1 Å². The summed E-state index contributed by atoms with van der Waals surface area (Å²) < 4.78 is 40.5. The van der Waals surface area contributed by atoms with E-state index in [1.54, 1.807) is 18.5 Å². The zero-order valence-electron chi connectivity index (χ0n) is 11.5. The van der Waals surface area contributed by atoms with Crippen LogP contribution in [-0.4, -0.2) is 16.3 Å². The highest BCUT2D eigenvalue weighted by Crippen LogP contribution is 2.27. The first-order chi connectivity index (χ1) is 9.85. The normalized spacial score (nSPS) is 12.8. The number of hydrogen-bond acceptors (Lipinski definition) is 4. The maximum Gasteiger partial charge on any atom is 0.573 e. The number of alkyl halides is 3. The number of anilines is 1. The number of hydrogen-bond donors (Lipinski definition) is 1. The molecule has 21 heavy (non-hydrogen) atoms. The van der Waals surface area contributed by atoms with Crippen LogP contribution in [0.5, 0.6) is 5.75 Å². The average molecular weight is 297 g/mol. The Morgan fingerprint density at radius 1 is 1.19 bits per heavy atom. The first kappa shape index (κ1) is 15.1. The van der Waals surface area contributed by atoms with Gasteiger partial charge in [-0.15, -0.1) is 13.2 Å². The van der Waals surface area contributed by atoms with Gasteiger partial charge in [-0.05, 0) is 26.0 Å². The van der Waals surface area contributed by atoms with Crippen molar-refractivity contribution in [2.75, 3.05) is 5.32 Å². The molecule has 0 saturated carbocycles. The summed E-state index contributed by atoms with van der Waals surface area (Å²) >= 11 is 0. The van der Waals surface area contributed by atoms with Crippen LogP contribution < -0.4 is 10.1 Å². The number of nitrogens with one attached hydrogen (secondary N) is 1. The van der Waals surface area contributed by atoms with E-state index in [9.17, 15) is 13.2 Å². The van der Waals surface area contributed by atoms with Crippen molar-refractivity contribution < 1.29 is 17.9 Å². The van der Waals surface area contributed by atoms with Gasteiger partial charge in [0.1, 0.15) is 5.75 Å². The van der Waals surface area contributed by atoms with Crippen LogP contribution in [0, 0.1) is 6.92 Å². The van der Waals surface area contributed by atoms with E-state index in [1.807, 2.05) is 13.8 Å². The molecule has 0 radical (unpaired) electrons. The summed E-state index contributed by atoms with van der Waals surface area (Å²) in [5, 5.41) is 3.08. The fourth-order valence-electron chi connectivity index (χ4n) is 1.94. The molecule has 0 amide bonds. The fraction of sp³-hybridized carbons (Fsp3) is 0.286. The predicted molar refractivity (Wildman–Crippen MR) is 71.9 cm³/mol. The van der Waals surface area contributed by atoms with Crippen molar-refractivity contribution in [1.29, 1.82) is 0 Å². The SMILES string of the molecule is Cc1nccnc1C(C)Nc1cccc(OC(F)(F)F)c1. The van der Waals surface area contributed by atoms with Crippen molar-refractivity contribution in [2.45, 2.75) is 26.3 Å². The van der Waals surface area contributed by atoms with E-state index in [0.29, 0.717) is 5.69 Å². The van der Waals surface area contributed by atoms with Crippen LogP contribution in [0.25, 0.3) is 0 Å². The minimum absolute atomic E-state index is 0.195. The molecular weight excluding hydrogens is 283 g/mol. The van der Waals surface area contributed by atoms with Crippen LogP contribution in [0.15, 0.2) is 36.7 Å². The second kappa shape index (κ2) is 5.99. The van der Waals surface area contributed by atoms with E-state index in [-0.39, 0.29) is 11.8 Å². The van der Waals surface area contributed by atoms with E-state index >= 15 is 0 Å². The van der Waals surface area contributed by atoms with Crippen LogP contribution in [-0.2, 0) is 0 Å². The number of nitrogens with zero attached hydrogens (tertiary/aromatic N) is 2. The highest BCUT2D eigenvalue weighted by molar-refractivity contribution is 5.49. The van der Waals surface area contributed by atoms with Crippen molar-refractivity contribution in [3.63, 3.8) is 0 Å². The van der Waals surface area contributed by atoms with Gasteiger partial charge in [-0.2, -0.15) is 0 Å². The van der Waals surface area contributed by atoms with Crippen molar-refractivity contribution >= 4 is 5.69 Å². The average Bonchev–Trinajstić information content (AvgIpc) is 2.37. The summed E-state index contributed by atoms with van der Waals surface area (Å²) in [6, 6.07) is 5.48. The van der Waals surface area contributed by atoms with Gasteiger partial charge in [-0.1, -0.05) is 6.07 Å². The zero-order chi connectivity index (χ0) is 15.5. The van der Waals surface area contributed by atoms with Crippen molar-refractivity contribution in [3.05, 3.63) is 48.0 Å². The topological polar surface area (TPSA) is 47.0 Å². The number of benzene rings is 1. The van der Waals surface area contributed by atoms with Crippen molar-refractivity contribution in [3.8, 4) is 5.75 Å². The standard InChI is InChI=1S/C14H14F3N3O/c1-9-13(19-7-6-18-9)10(2)20-11-4-3-5-12(8-11)21-14(15,16)17/h3-8,10,20H,1-2H3. The molecule has 0 aliphatic rings. The molecule has 112 valence electrons. The second-order valence-corrected chi connectivity index (χ2v) is 4.47. The van der Waals surface area contributed by atoms with Gasteiger partial charge in [-0.3, -0.25) is 9.97 Å². The molecule has 0 bridgehead atoms. The largest absolute Gasteiger partial charge is 0.573 e. The van der Waals surface area contributed by atoms with E-state index in [2.05, 4.69) is 20.0 Å². The molecule has 1 N–H and O–H groups in total. The molecular formula is C14H14F3N3O. The molecule has 2 rings (SSSR count). The third kappa shape index (κ3) is 4.34.